The van der Waals surface area contributed by atoms with Crippen LogP contribution in [0.15, 0.2) is 12.4 Å². The molecule has 0 saturated carbocycles. The average Bonchev–Trinajstić information content (AvgIpc) is 2.03. The Bertz CT molecular complexity index is 303. The molecule has 0 spiro atoms. The molecule has 0 fully saturated rings. The molecule has 0 amide bonds. The molecular formula is C7H4ClF2NO. The van der Waals surface area contributed by atoms with Crippen LogP contribution >= 0.6 is 11.6 Å². The maximum Gasteiger partial charge on any atom is 0.266 e. The smallest absolute Gasteiger partial charge is 0.266 e. The molecule has 0 N–H and O–H groups in total. The first kappa shape index (κ1) is 9.06. The maximum atomic E-state index is 12.1. The van der Waals surface area contributed by atoms with Crippen molar-refractivity contribution in [2.45, 2.75) is 6.43 Å². The number of halogens is 3. The van der Waals surface area contributed by atoms with Crippen LogP contribution in [0.4, 0.5) is 8.78 Å². The largest absolute Gasteiger partial charge is 0.298 e. The summed E-state index contributed by atoms with van der Waals surface area (Å²) < 4.78 is 24.3. The van der Waals surface area contributed by atoms with Gasteiger partial charge in [0, 0.05) is 23.5 Å². The van der Waals surface area contributed by atoms with Crippen molar-refractivity contribution in [1.29, 1.82) is 0 Å². The number of pyridine rings is 1. The summed E-state index contributed by atoms with van der Waals surface area (Å²) in [7, 11) is 0. The zero-order valence-corrected chi connectivity index (χ0v) is 6.55. The molecule has 64 valence electrons. The molecule has 0 aliphatic rings. The van der Waals surface area contributed by atoms with Crippen LogP contribution in [0.1, 0.15) is 22.3 Å². The molecule has 1 aromatic rings. The molecule has 0 aromatic carbocycles. The minimum atomic E-state index is -2.73. The van der Waals surface area contributed by atoms with Crippen LogP contribution in [0.2, 0.25) is 5.02 Å². The Labute approximate surface area is 72.2 Å². The molecule has 2 nitrogen and oxygen atoms in total. The highest BCUT2D eigenvalue weighted by Gasteiger charge is 2.14. The van der Waals surface area contributed by atoms with E-state index in [1.165, 1.54) is 0 Å². The van der Waals surface area contributed by atoms with Gasteiger partial charge in [0.05, 0.1) is 5.02 Å². The molecule has 0 bridgehead atoms. The molecule has 1 rings (SSSR count). The van der Waals surface area contributed by atoms with Crippen LogP contribution in [0.5, 0.6) is 0 Å². The zero-order valence-electron chi connectivity index (χ0n) is 5.80. The first-order valence-corrected chi connectivity index (χ1v) is 3.41. The number of hydrogen-bond donors (Lipinski definition) is 0. The van der Waals surface area contributed by atoms with Crippen LogP contribution in [-0.2, 0) is 0 Å². The number of carbonyl (C=O) groups is 1. The summed E-state index contributed by atoms with van der Waals surface area (Å²) in [5.41, 5.74) is -0.626. The summed E-state index contributed by atoms with van der Waals surface area (Å²) in [5.74, 6) is 0. The van der Waals surface area contributed by atoms with Gasteiger partial charge in [0.15, 0.2) is 6.29 Å². The zero-order chi connectivity index (χ0) is 9.14. The van der Waals surface area contributed by atoms with Gasteiger partial charge < -0.3 is 0 Å². The number of aldehydes is 1. The first-order chi connectivity index (χ1) is 5.66. The quantitative estimate of drug-likeness (QED) is 0.673. The summed E-state index contributed by atoms with van der Waals surface area (Å²) in [5, 5.41) is -0.0530. The molecule has 0 saturated heterocycles. The fraction of sp³-hybridized carbons (Fsp3) is 0.143. The SMILES string of the molecule is O=Cc1c(Cl)cncc1C(F)F. The second-order valence-electron chi connectivity index (χ2n) is 2.04. The van der Waals surface area contributed by atoms with E-state index in [-0.39, 0.29) is 10.6 Å². The van der Waals surface area contributed by atoms with E-state index in [9.17, 15) is 13.6 Å². The molecule has 1 aromatic heterocycles. The van der Waals surface area contributed by atoms with Crippen LogP contribution in [0.25, 0.3) is 0 Å². The van der Waals surface area contributed by atoms with E-state index in [1.807, 2.05) is 0 Å². The van der Waals surface area contributed by atoms with Gasteiger partial charge in [-0.2, -0.15) is 0 Å². The number of hydrogen-bond acceptors (Lipinski definition) is 2. The van der Waals surface area contributed by atoms with Gasteiger partial charge in [0.1, 0.15) is 0 Å². The van der Waals surface area contributed by atoms with Gasteiger partial charge in [-0.3, -0.25) is 9.78 Å². The van der Waals surface area contributed by atoms with E-state index < -0.39 is 12.0 Å². The summed E-state index contributed by atoms with van der Waals surface area (Å²) in [6.07, 6.45) is -0.348. The molecule has 0 unspecified atom stereocenters. The fourth-order valence-electron chi connectivity index (χ4n) is 0.758. The van der Waals surface area contributed by atoms with Gasteiger partial charge in [-0.15, -0.1) is 0 Å². The minimum Gasteiger partial charge on any atom is -0.298 e. The molecule has 0 aliphatic carbocycles. The summed E-state index contributed by atoms with van der Waals surface area (Å²) >= 11 is 5.45. The van der Waals surface area contributed by atoms with Crippen molar-refractivity contribution in [2.75, 3.05) is 0 Å². The van der Waals surface area contributed by atoms with Crippen molar-refractivity contribution in [3.05, 3.63) is 28.5 Å². The van der Waals surface area contributed by atoms with Crippen LogP contribution in [-0.4, -0.2) is 11.3 Å². The number of nitrogens with zero attached hydrogens (tertiary/aromatic N) is 1. The number of carbonyl (C=O) groups excluding carboxylic acids is 1. The summed E-state index contributed by atoms with van der Waals surface area (Å²) in [4.78, 5) is 13.8. The second kappa shape index (κ2) is 3.58. The van der Waals surface area contributed by atoms with Gasteiger partial charge >= 0.3 is 0 Å². The highest BCUT2D eigenvalue weighted by Crippen LogP contribution is 2.25. The standard InChI is InChI=1S/C7H4ClF2NO/c8-6-2-11-1-4(7(9)10)5(6)3-12/h1-3,7H. The lowest BCUT2D eigenvalue weighted by Crippen LogP contribution is -1.95. The number of rotatable bonds is 2. The lowest BCUT2D eigenvalue weighted by molar-refractivity contribution is 0.110. The van der Waals surface area contributed by atoms with Crippen LogP contribution in [0.3, 0.4) is 0 Å². The van der Waals surface area contributed by atoms with Crippen molar-refractivity contribution in [3.63, 3.8) is 0 Å². The van der Waals surface area contributed by atoms with Crippen molar-refractivity contribution >= 4 is 17.9 Å². The van der Waals surface area contributed by atoms with Crippen molar-refractivity contribution in [1.82, 2.24) is 4.98 Å². The molecule has 12 heavy (non-hydrogen) atoms. The third kappa shape index (κ3) is 1.58. The van der Waals surface area contributed by atoms with Crippen LogP contribution in [0, 0.1) is 0 Å². The Balaban J connectivity index is 3.27. The number of alkyl halides is 2. The Morgan fingerprint density at radius 2 is 2.17 bits per heavy atom. The fourth-order valence-corrected chi connectivity index (χ4v) is 0.968. The van der Waals surface area contributed by atoms with Crippen LogP contribution < -0.4 is 0 Å². The lowest BCUT2D eigenvalue weighted by atomic mass is 10.2. The average molecular weight is 192 g/mol. The van der Waals surface area contributed by atoms with E-state index in [0.29, 0.717) is 6.29 Å². The van der Waals surface area contributed by atoms with Crippen molar-refractivity contribution < 1.29 is 13.6 Å². The molecule has 0 radical (unpaired) electrons. The number of aromatic nitrogens is 1. The van der Waals surface area contributed by atoms with Crippen molar-refractivity contribution in [3.8, 4) is 0 Å². The van der Waals surface area contributed by atoms with Gasteiger partial charge in [-0.05, 0) is 0 Å². The summed E-state index contributed by atoms with van der Waals surface area (Å²) in [6, 6.07) is 0. The Morgan fingerprint density at radius 1 is 1.50 bits per heavy atom. The van der Waals surface area contributed by atoms with Gasteiger partial charge in [-0.1, -0.05) is 11.6 Å². The summed E-state index contributed by atoms with van der Waals surface area (Å²) in [6.45, 7) is 0. The van der Waals surface area contributed by atoms with E-state index >= 15 is 0 Å². The predicted molar refractivity (Wildman–Crippen MR) is 39.6 cm³/mol. The van der Waals surface area contributed by atoms with E-state index in [4.69, 9.17) is 11.6 Å². The van der Waals surface area contributed by atoms with E-state index in [2.05, 4.69) is 4.98 Å². The third-order valence-corrected chi connectivity index (χ3v) is 1.62. The maximum absolute atomic E-state index is 12.1. The lowest BCUT2D eigenvalue weighted by Gasteiger charge is -2.02. The molecular weight excluding hydrogens is 188 g/mol. The van der Waals surface area contributed by atoms with Gasteiger partial charge in [0.25, 0.3) is 6.43 Å². The Kier molecular flexibility index (Phi) is 2.70. The van der Waals surface area contributed by atoms with E-state index in [1.54, 1.807) is 0 Å². The highest BCUT2D eigenvalue weighted by molar-refractivity contribution is 6.32. The minimum absolute atomic E-state index is 0.0530. The topological polar surface area (TPSA) is 30.0 Å². The van der Waals surface area contributed by atoms with Gasteiger partial charge in [-0.25, -0.2) is 8.78 Å². The molecule has 1 heterocycles. The first-order valence-electron chi connectivity index (χ1n) is 3.03. The van der Waals surface area contributed by atoms with E-state index in [0.717, 1.165) is 12.4 Å². The normalized spacial score (nSPS) is 10.3. The second-order valence-corrected chi connectivity index (χ2v) is 2.45. The Morgan fingerprint density at radius 3 is 2.58 bits per heavy atom. The monoisotopic (exact) mass is 191 g/mol. The Hall–Kier alpha value is -1.03. The highest BCUT2D eigenvalue weighted by atomic mass is 35.5. The molecule has 0 atom stereocenters. The molecule has 0 aliphatic heterocycles. The predicted octanol–water partition coefficient (Wildman–Crippen LogP) is 2.49. The van der Waals surface area contributed by atoms with Crippen molar-refractivity contribution in [2.24, 2.45) is 0 Å². The third-order valence-electron chi connectivity index (χ3n) is 1.32. The van der Waals surface area contributed by atoms with Gasteiger partial charge in [0.2, 0.25) is 0 Å². The molecule has 5 heteroatoms.